The van der Waals surface area contributed by atoms with Gasteiger partial charge in [-0.3, -0.25) is 0 Å². The summed E-state index contributed by atoms with van der Waals surface area (Å²) in [6.45, 7) is 8.83. The van der Waals surface area contributed by atoms with E-state index in [2.05, 4.69) is 23.8 Å². The lowest BCUT2D eigenvalue weighted by molar-refractivity contribution is -0.142. The van der Waals surface area contributed by atoms with E-state index in [-0.39, 0.29) is 37.4 Å². The summed E-state index contributed by atoms with van der Waals surface area (Å²) in [7, 11) is 0. The molecule has 2 amide bonds. The van der Waals surface area contributed by atoms with Crippen molar-refractivity contribution in [3.05, 3.63) is 24.3 Å². The lowest BCUT2D eigenvalue weighted by Crippen LogP contribution is -2.44. The van der Waals surface area contributed by atoms with Crippen LogP contribution in [-0.4, -0.2) is 66.7 Å². The molecule has 0 aromatic heterocycles. The van der Waals surface area contributed by atoms with Gasteiger partial charge in [-0.1, -0.05) is 13.2 Å². The van der Waals surface area contributed by atoms with Crippen molar-refractivity contribution in [1.29, 1.82) is 0 Å². The van der Waals surface area contributed by atoms with Crippen LogP contribution in [0.3, 0.4) is 0 Å². The summed E-state index contributed by atoms with van der Waals surface area (Å²) in [5, 5.41) is 23.7. The van der Waals surface area contributed by atoms with Gasteiger partial charge in [-0.05, 0) is 13.8 Å². The van der Waals surface area contributed by atoms with Crippen LogP contribution >= 0.6 is 0 Å². The van der Waals surface area contributed by atoms with E-state index in [0.29, 0.717) is 0 Å². The third-order valence-electron chi connectivity index (χ3n) is 2.51. The number of hydrogen-bond donors (Lipinski definition) is 4. The summed E-state index contributed by atoms with van der Waals surface area (Å²) in [4.78, 5) is 33.7. The minimum Gasteiger partial charge on any atom is -0.460 e. The zero-order valence-electron chi connectivity index (χ0n) is 13.8. The number of nitrogens with one attached hydrogen (secondary N) is 2. The van der Waals surface area contributed by atoms with Gasteiger partial charge < -0.3 is 30.3 Å². The fourth-order valence-corrected chi connectivity index (χ4v) is 1.19. The molecule has 2 unspecified atom stereocenters. The molecule has 4 N–H and O–H groups in total. The number of rotatable bonds is 10. The van der Waals surface area contributed by atoms with Crippen LogP contribution in [0.4, 0.5) is 4.79 Å². The van der Waals surface area contributed by atoms with E-state index in [4.69, 9.17) is 9.47 Å². The van der Waals surface area contributed by atoms with Crippen LogP contribution in [0, 0.1) is 0 Å². The molecule has 0 aromatic carbocycles. The molecule has 0 heterocycles. The molecule has 0 aliphatic rings. The topological polar surface area (TPSA) is 134 Å². The maximum atomic E-state index is 11.5. The van der Waals surface area contributed by atoms with E-state index in [1.807, 2.05) is 0 Å². The largest absolute Gasteiger partial charge is 0.460 e. The molecule has 136 valence electrons. The molecule has 0 spiro atoms. The Kier molecular flexibility index (Phi) is 10.1. The summed E-state index contributed by atoms with van der Waals surface area (Å²) in [5.41, 5.74) is 0.406. The second-order valence-electron chi connectivity index (χ2n) is 5.16. The Morgan fingerprint density at radius 1 is 0.875 bits per heavy atom. The second-order valence-corrected chi connectivity index (χ2v) is 5.16. The maximum Gasteiger partial charge on any atom is 0.333 e. The van der Waals surface area contributed by atoms with Crippen molar-refractivity contribution >= 4 is 18.0 Å². The van der Waals surface area contributed by atoms with Crippen LogP contribution in [-0.2, 0) is 19.1 Å². The Balaban J connectivity index is 3.85. The Morgan fingerprint density at radius 2 is 1.21 bits per heavy atom. The van der Waals surface area contributed by atoms with Crippen LogP contribution in [0.1, 0.15) is 13.8 Å². The molecule has 0 aliphatic carbocycles. The van der Waals surface area contributed by atoms with Gasteiger partial charge in [0.15, 0.2) is 0 Å². The van der Waals surface area contributed by atoms with Crippen LogP contribution in [0.15, 0.2) is 24.3 Å². The Bertz CT molecular complexity index is 448. The van der Waals surface area contributed by atoms with E-state index in [1.165, 1.54) is 13.8 Å². The molecule has 0 bridgehead atoms. The van der Waals surface area contributed by atoms with Crippen LogP contribution in [0.5, 0.6) is 0 Å². The highest BCUT2D eigenvalue weighted by atomic mass is 16.5. The Morgan fingerprint density at radius 3 is 1.50 bits per heavy atom. The van der Waals surface area contributed by atoms with Crippen molar-refractivity contribution in [2.24, 2.45) is 0 Å². The van der Waals surface area contributed by atoms with Crippen LogP contribution < -0.4 is 10.6 Å². The molecule has 0 fully saturated rings. The molecule has 9 nitrogen and oxygen atoms in total. The standard InChI is InChI=1S/C15H24N2O7/c1-9(2)13(20)23-7-11(18)5-16-15(22)17-6-12(19)8-24-14(21)10(3)4/h11-12,18-19H,1,3,5-8H2,2,4H3,(H2,16,17,22). The number of urea groups is 1. The van der Waals surface area contributed by atoms with Gasteiger partial charge >= 0.3 is 18.0 Å². The molecule has 2 atom stereocenters. The van der Waals surface area contributed by atoms with E-state index < -0.39 is 30.2 Å². The smallest absolute Gasteiger partial charge is 0.333 e. The van der Waals surface area contributed by atoms with Gasteiger partial charge in [0.25, 0.3) is 0 Å². The first-order valence-corrected chi connectivity index (χ1v) is 7.16. The summed E-state index contributed by atoms with van der Waals surface area (Å²) < 4.78 is 9.43. The van der Waals surface area contributed by atoms with Crippen molar-refractivity contribution < 1.29 is 34.1 Å². The molecule has 0 saturated heterocycles. The van der Waals surface area contributed by atoms with E-state index in [9.17, 15) is 24.6 Å². The van der Waals surface area contributed by atoms with E-state index >= 15 is 0 Å². The van der Waals surface area contributed by atoms with Crippen molar-refractivity contribution in [3.63, 3.8) is 0 Å². The lowest BCUT2D eigenvalue weighted by atomic mass is 10.3. The quantitative estimate of drug-likeness (QED) is 0.302. The zero-order valence-corrected chi connectivity index (χ0v) is 13.8. The predicted molar refractivity (Wildman–Crippen MR) is 85.0 cm³/mol. The number of esters is 2. The molecule has 0 radical (unpaired) electrons. The second kappa shape index (κ2) is 11.2. The summed E-state index contributed by atoms with van der Waals surface area (Å²) >= 11 is 0. The third kappa shape index (κ3) is 10.4. The average molecular weight is 344 g/mol. The summed E-state index contributed by atoms with van der Waals surface area (Å²) in [5.74, 6) is -1.27. The fourth-order valence-electron chi connectivity index (χ4n) is 1.19. The molecule has 0 aliphatic heterocycles. The highest BCUT2D eigenvalue weighted by Gasteiger charge is 2.13. The normalized spacial score (nSPS) is 12.5. The van der Waals surface area contributed by atoms with E-state index in [0.717, 1.165) is 0 Å². The zero-order chi connectivity index (χ0) is 18.7. The Labute approximate surface area is 140 Å². The van der Waals surface area contributed by atoms with E-state index in [1.54, 1.807) is 0 Å². The van der Waals surface area contributed by atoms with Gasteiger partial charge in [0, 0.05) is 24.2 Å². The van der Waals surface area contributed by atoms with Crippen molar-refractivity contribution in [2.45, 2.75) is 26.1 Å². The number of hydrogen-bond acceptors (Lipinski definition) is 7. The maximum absolute atomic E-state index is 11.5. The highest BCUT2D eigenvalue weighted by molar-refractivity contribution is 5.87. The summed E-state index contributed by atoms with van der Waals surface area (Å²) in [6, 6.07) is -0.648. The summed E-state index contributed by atoms with van der Waals surface area (Å²) in [6.07, 6.45) is -2.17. The molecule has 0 aromatic rings. The highest BCUT2D eigenvalue weighted by Crippen LogP contribution is 1.95. The fraction of sp³-hybridized carbons (Fsp3) is 0.533. The molecular formula is C15H24N2O7. The monoisotopic (exact) mass is 344 g/mol. The van der Waals surface area contributed by atoms with Gasteiger partial charge in [-0.15, -0.1) is 0 Å². The average Bonchev–Trinajstić information content (AvgIpc) is 2.52. The molecular weight excluding hydrogens is 320 g/mol. The minimum atomic E-state index is -1.08. The first-order chi connectivity index (χ1) is 11.1. The number of carbonyl (C=O) groups excluding carboxylic acids is 3. The first kappa shape index (κ1) is 21.6. The van der Waals surface area contributed by atoms with Gasteiger partial charge in [0.1, 0.15) is 25.4 Å². The minimum absolute atomic E-state index is 0.157. The van der Waals surface area contributed by atoms with Crippen molar-refractivity contribution in [3.8, 4) is 0 Å². The van der Waals surface area contributed by atoms with Crippen molar-refractivity contribution in [2.75, 3.05) is 26.3 Å². The third-order valence-corrected chi connectivity index (χ3v) is 2.51. The van der Waals surface area contributed by atoms with Gasteiger partial charge in [-0.25, -0.2) is 14.4 Å². The SMILES string of the molecule is C=C(C)C(=O)OCC(O)CNC(=O)NCC(O)COC(=O)C(=C)C. The number of amides is 2. The van der Waals surface area contributed by atoms with Gasteiger partial charge in [-0.2, -0.15) is 0 Å². The van der Waals surface area contributed by atoms with Gasteiger partial charge in [0.2, 0.25) is 0 Å². The van der Waals surface area contributed by atoms with Crippen LogP contribution in [0.25, 0.3) is 0 Å². The number of aliphatic hydroxyl groups excluding tert-OH is 2. The predicted octanol–water partition coefficient (Wildman–Crippen LogP) is -0.754. The molecule has 24 heavy (non-hydrogen) atoms. The lowest BCUT2D eigenvalue weighted by Gasteiger charge is -2.15. The first-order valence-electron chi connectivity index (χ1n) is 7.16. The number of ether oxygens (including phenoxy) is 2. The number of aliphatic hydroxyl groups is 2. The van der Waals surface area contributed by atoms with Crippen molar-refractivity contribution in [1.82, 2.24) is 10.6 Å². The molecule has 0 rings (SSSR count). The molecule has 0 saturated carbocycles. The molecule has 9 heteroatoms. The number of carbonyl (C=O) groups is 3. The van der Waals surface area contributed by atoms with Crippen LogP contribution in [0.2, 0.25) is 0 Å². The van der Waals surface area contributed by atoms with Gasteiger partial charge in [0.05, 0.1) is 0 Å². The Hall–Kier alpha value is -2.39.